The third kappa shape index (κ3) is 3.99. The standard InChI is InChI=1S/C11H14N2O4S/c1-7-4-10(12-6-9(7)13(15)16)18-8(2)5-11(14)17-3/h4,6,8H,5H2,1-3H3. The molecule has 0 radical (unpaired) electrons. The van der Waals surface area contributed by atoms with Crippen LogP contribution < -0.4 is 0 Å². The Morgan fingerprint density at radius 2 is 2.33 bits per heavy atom. The summed E-state index contributed by atoms with van der Waals surface area (Å²) in [6, 6.07) is 1.65. The maximum atomic E-state index is 11.1. The first-order chi connectivity index (χ1) is 8.43. The number of methoxy groups -OCH3 is 1. The van der Waals surface area contributed by atoms with Gasteiger partial charge in [-0.15, -0.1) is 11.8 Å². The van der Waals surface area contributed by atoms with Gasteiger partial charge in [0.2, 0.25) is 0 Å². The van der Waals surface area contributed by atoms with E-state index in [0.29, 0.717) is 10.6 Å². The van der Waals surface area contributed by atoms with Crippen LogP contribution in [0.2, 0.25) is 0 Å². The molecule has 0 aliphatic heterocycles. The highest BCUT2D eigenvalue weighted by Crippen LogP contribution is 2.27. The molecule has 0 saturated carbocycles. The number of rotatable bonds is 5. The fraction of sp³-hybridized carbons (Fsp3) is 0.455. The second-order valence-electron chi connectivity index (χ2n) is 3.77. The third-order valence-electron chi connectivity index (χ3n) is 2.26. The topological polar surface area (TPSA) is 82.3 Å². The fourth-order valence-corrected chi connectivity index (χ4v) is 2.33. The first-order valence-electron chi connectivity index (χ1n) is 5.28. The van der Waals surface area contributed by atoms with Gasteiger partial charge >= 0.3 is 5.97 Å². The van der Waals surface area contributed by atoms with Crippen LogP contribution >= 0.6 is 11.8 Å². The molecule has 1 aromatic rings. The second kappa shape index (κ2) is 6.34. The number of carbonyl (C=O) groups is 1. The number of hydrogen-bond donors (Lipinski definition) is 0. The Kier molecular flexibility index (Phi) is 5.08. The van der Waals surface area contributed by atoms with Crippen LogP contribution in [0.25, 0.3) is 0 Å². The van der Waals surface area contributed by atoms with Crippen LogP contribution in [0.1, 0.15) is 18.9 Å². The van der Waals surface area contributed by atoms with E-state index in [2.05, 4.69) is 9.72 Å². The smallest absolute Gasteiger partial charge is 0.306 e. The number of carbonyl (C=O) groups excluding carboxylic acids is 1. The molecule has 0 N–H and O–H groups in total. The SMILES string of the molecule is COC(=O)CC(C)Sc1cc(C)c([N+](=O)[O-])cn1. The van der Waals surface area contributed by atoms with Crippen LogP contribution in [0.4, 0.5) is 5.69 Å². The molecule has 1 unspecified atom stereocenters. The minimum Gasteiger partial charge on any atom is -0.469 e. The van der Waals surface area contributed by atoms with E-state index in [0.717, 1.165) is 0 Å². The Labute approximate surface area is 109 Å². The number of nitrogens with zero attached hydrogens (tertiary/aromatic N) is 2. The van der Waals surface area contributed by atoms with Gasteiger partial charge < -0.3 is 4.74 Å². The molecular formula is C11H14N2O4S. The van der Waals surface area contributed by atoms with Crippen molar-refractivity contribution in [2.75, 3.05) is 7.11 Å². The summed E-state index contributed by atoms with van der Waals surface area (Å²) < 4.78 is 4.57. The molecule has 0 aliphatic carbocycles. The highest BCUT2D eigenvalue weighted by molar-refractivity contribution is 7.99. The quantitative estimate of drug-likeness (QED) is 0.353. The van der Waals surface area contributed by atoms with Crippen molar-refractivity contribution in [1.29, 1.82) is 0 Å². The highest BCUT2D eigenvalue weighted by atomic mass is 32.2. The number of nitro groups is 1. The molecule has 1 heterocycles. The van der Waals surface area contributed by atoms with Crippen LogP contribution in [0.3, 0.4) is 0 Å². The molecule has 0 aliphatic rings. The molecule has 0 fully saturated rings. The van der Waals surface area contributed by atoms with E-state index in [4.69, 9.17) is 0 Å². The number of aromatic nitrogens is 1. The summed E-state index contributed by atoms with van der Waals surface area (Å²) in [4.78, 5) is 25.3. The van der Waals surface area contributed by atoms with Crippen molar-refractivity contribution in [2.45, 2.75) is 30.5 Å². The predicted octanol–water partition coefficient (Wildman–Crippen LogP) is 2.34. The van der Waals surface area contributed by atoms with Crippen LogP contribution in [-0.2, 0) is 9.53 Å². The van der Waals surface area contributed by atoms with Crippen LogP contribution in [-0.4, -0.2) is 28.2 Å². The summed E-state index contributed by atoms with van der Waals surface area (Å²) in [5.41, 5.74) is 0.558. The summed E-state index contributed by atoms with van der Waals surface area (Å²) in [6.45, 7) is 3.54. The van der Waals surface area contributed by atoms with Crippen molar-refractivity contribution < 1.29 is 14.5 Å². The van der Waals surface area contributed by atoms with Crippen molar-refractivity contribution in [3.8, 4) is 0 Å². The number of hydrogen-bond acceptors (Lipinski definition) is 6. The number of ether oxygens (including phenoxy) is 1. The summed E-state index contributed by atoms with van der Waals surface area (Å²) in [5.74, 6) is -0.284. The normalized spacial score (nSPS) is 11.9. The molecule has 0 amide bonds. The van der Waals surface area contributed by atoms with Gasteiger partial charge in [-0.3, -0.25) is 14.9 Å². The Hall–Kier alpha value is -1.63. The summed E-state index contributed by atoms with van der Waals surface area (Å²) >= 11 is 1.39. The lowest BCUT2D eigenvalue weighted by Crippen LogP contribution is -2.08. The summed E-state index contributed by atoms with van der Waals surface area (Å²) in [5, 5.41) is 11.3. The van der Waals surface area contributed by atoms with E-state index < -0.39 is 4.92 Å². The van der Waals surface area contributed by atoms with Gasteiger partial charge in [0.15, 0.2) is 0 Å². The lowest BCUT2D eigenvalue weighted by molar-refractivity contribution is -0.385. The monoisotopic (exact) mass is 270 g/mol. The fourth-order valence-electron chi connectivity index (χ4n) is 1.34. The lowest BCUT2D eigenvalue weighted by Gasteiger charge is -2.09. The molecule has 0 bridgehead atoms. The van der Waals surface area contributed by atoms with Gasteiger partial charge in [-0.2, -0.15) is 0 Å². The maximum absolute atomic E-state index is 11.1. The Bertz CT molecular complexity index is 464. The summed E-state index contributed by atoms with van der Waals surface area (Å²) in [7, 11) is 1.34. The molecule has 1 atom stereocenters. The van der Waals surface area contributed by atoms with Gasteiger partial charge in [0.1, 0.15) is 6.20 Å². The van der Waals surface area contributed by atoms with E-state index >= 15 is 0 Å². The van der Waals surface area contributed by atoms with Gasteiger partial charge in [-0.1, -0.05) is 6.92 Å². The average molecular weight is 270 g/mol. The third-order valence-corrected chi connectivity index (χ3v) is 3.29. The average Bonchev–Trinajstić information content (AvgIpc) is 2.28. The molecule has 6 nitrogen and oxygen atoms in total. The van der Waals surface area contributed by atoms with Crippen molar-refractivity contribution in [2.24, 2.45) is 0 Å². The largest absolute Gasteiger partial charge is 0.469 e. The number of thioether (sulfide) groups is 1. The zero-order valence-corrected chi connectivity index (χ0v) is 11.2. The van der Waals surface area contributed by atoms with Gasteiger partial charge in [0.25, 0.3) is 5.69 Å². The number of aryl methyl sites for hydroxylation is 1. The van der Waals surface area contributed by atoms with Crippen molar-refractivity contribution in [3.63, 3.8) is 0 Å². The minimum atomic E-state index is -0.464. The Morgan fingerprint density at radius 1 is 1.67 bits per heavy atom. The van der Waals surface area contributed by atoms with E-state index in [1.54, 1.807) is 13.0 Å². The van der Waals surface area contributed by atoms with Gasteiger partial charge in [-0.25, -0.2) is 4.98 Å². The van der Waals surface area contributed by atoms with E-state index in [1.165, 1.54) is 25.1 Å². The molecule has 7 heteroatoms. The summed E-state index contributed by atoms with van der Waals surface area (Å²) in [6.07, 6.45) is 1.52. The number of pyridine rings is 1. The lowest BCUT2D eigenvalue weighted by atomic mass is 10.3. The van der Waals surface area contributed by atoms with Gasteiger partial charge in [-0.05, 0) is 13.0 Å². The molecule has 98 valence electrons. The zero-order valence-electron chi connectivity index (χ0n) is 10.4. The van der Waals surface area contributed by atoms with E-state index in [-0.39, 0.29) is 23.3 Å². The molecule has 0 spiro atoms. The van der Waals surface area contributed by atoms with Crippen molar-refractivity contribution in [1.82, 2.24) is 4.98 Å². The van der Waals surface area contributed by atoms with Crippen LogP contribution in [0.5, 0.6) is 0 Å². The Morgan fingerprint density at radius 3 is 2.83 bits per heavy atom. The maximum Gasteiger partial charge on any atom is 0.306 e. The minimum absolute atomic E-state index is 0.0000269. The van der Waals surface area contributed by atoms with Crippen LogP contribution in [0.15, 0.2) is 17.3 Å². The molecule has 0 aromatic carbocycles. The molecule has 18 heavy (non-hydrogen) atoms. The van der Waals surface area contributed by atoms with E-state index in [1.807, 2.05) is 6.92 Å². The first kappa shape index (κ1) is 14.4. The Balaban J connectivity index is 2.71. The number of esters is 1. The predicted molar refractivity (Wildman–Crippen MR) is 67.6 cm³/mol. The molecule has 1 aromatic heterocycles. The van der Waals surface area contributed by atoms with Crippen molar-refractivity contribution in [3.05, 3.63) is 27.9 Å². The van der Waals surface area contributed by atoms with Crippen molar-refractivity contribution >= 4 is 23.4 Å². The molecular weight excluding hydrogens is 256 g/mol. The highest BCUT2D eigenvalue weighted by Gasteiger charge is 2.15. The van der Waals surface area contributed by atoms with E-state index in [9.17, 15) is 14.9 Å². The van der Waals surface area contributed by atoms with Crippen LogP contribution in [0, 0.1) is 17.0 Å². The zero-order chi connectivity index (χ0) is 13.7. The van der Waals surface area contributed by atoms with Gasteiger partial charge in [0.05, 0.1) is 23.5 Å². The second-order valence-corrected chi connectivity index (χ2v) is 5.23. The van der Waals surface area contributed by atoms with Gasteiger partial charge in [0, 0.05) is 10.8 Å². The first-order valence-corrected chi connectivity index (χ1v) is 6.16. The molecule has 0 saturated heterocycles. The molecule has 1 rings (SSSR count).